The molecule has 0 saturated carbocycles. The van der Waals surface area contributed by atoms with Crippen LogP contribution in [0, 0.1) is 0 Å². The van der Waals surface area contributed by atoms with E-state index < -0.39 is 0 Å². The van der Waals surface area contributed by atoms with Crippen LogP contribution in [0.15, 0.2) is 12.4 Å². The molecule has 0 atom stereocenters. The molecule has 0 bridgehead atoms. The summed E-state index contributed by atoms with van der Waals surface area (Å²) < 4.78 is 9.97. The minimum atomic E-state index is -0.334. The molecule has 9 nitrogen and oxygen atoms in total. The highest BCUT2D eigenvalue weighted by atomic mass is 16.6. The lowest BCUT2D eigenvalue weighted by molar-refractivity contribution is 0.0566. The zero-order chi connectivity index (χ0) is 18.1. The number of carbonyl (C=O) groups excluding carboxylic acids is 2. The monoisotopic (exact) mass is 351 g/mol. The summed E-state index contributed by atoms with van der Waals surface area (Å²) in [5.41, 5.74) is 0.342. The Kier molecular flexibility index (Phi) is 7.39. The molecule has 1 aromatic rings. The molecule has 1 aliphatic heterocycles. The van der Waals surface area contributed by atoms with Crippen LogP contribution in [0.1, 0.15) is 23.8 Å². The van der Waals surface area contributed by atoms with Gasteiger partial charge in [-0.2, -0.15) is 0 Å². The van der Waals surface area contributed by atoms with Gasteiger partial charge in [0, 0.05) is 52.5 Å². The Hall–Kier alpha value is -2.42. The first-order valence-corrected chi connectivity index (χ1v) is 8.41. The number of nitrogens with zero attached hydrogens (tertiary/aromatic N) is 4. The Labute approximate surface area is 147 Å². The van der Waals surface area contributed by atoms with Crippen LogP contribution in [0.4, 0.5) is 10.6 Å². The summed E-state index contributed by atoms with van der Waals surface area (Å²) in [6, 6.07) is 1.65. The molecule has 138 valence electrons. The molecule has 1 aromatic heterocycles. The number of hydrogen-bond acceptors (Lipinski definition) is 7. The van der Waals surface area contributed by atoms with Gasteiger partial charge in [0.05, 0.1) is 6.61 Å². The van der Waals surface area contributed by atoms with E-state index in [1.54, 1.807) is 29.9 Å². The Morgan fingerprint density at radius 3 is 2.60 bits per heavy atom. The molecule has 9 heteroatoms. The number of anilines is 1. The van der Waals surface area contributed by atoms with Gasteiger partial charge in [0.1, 0.15) is 17.8 Å². The molecule has 2 amide bonds. The van der Waals surface area contributed by atoms with Gasteiger partial charge < -0.3 is 24.6 Å². The van der Waals surface area contributed by atoms with Gasteiger partial charge in [-0.25, -0.2) is 14.8 Å². The number of ether oxygens (including phenoxy) is 2. The lowest BCUT2D eigenvalue weighted by Crippen LogP contribution is -2.50. The largest absolute Gasteiger partial charge is 0.450 e. The number of hydrogen-bond donors (Lipinski definition) is 1. The summed E-state index contributed by atoms with van der Waals surface area (Å²) in [4.78, 5) is 35.8. The van der Waals surface area contributed by atoms with Gasteiger partial charge >= 0.3 is 6.09 Å². The maximum absolute atomic E-state index is 12.6. The Balaban J connectivity index is 1.87. The van der Waals surface area contributed by atoms with Gasteiger partial charge in [0.15, 0.2) is 0 Å². The lowest BCUT2D eigenvalue weighted by atomic mass is 10.2. The van der Waals surface area contributed by atoms with Gasteiger partial charge in [0.2, 0.25) is 0 Å². The number of methoxy groups -OCH3 is 1. The number of aromatic nitrogens is 2. The highest BCUT2D eigenvalue weighted by molar-refractivity contribution is 5.93. The predicted molar refractivity (Wildman–Crippen MR) is 91.5 cm³/mol. The molecule has 0 aromatic carbocycles. The molecule has 1 fully saturated rings. The van der Waals surface area contributed by atoms with Crippen LogP contribution >= 0.6 is 0 Å². The number of piperazine rings is 1. The molecule has 0 spiro atoms. The number of rotatable bonds is 7. The summed E-state index contributed by atoms with van der Waals surface area (Å²) in [6.07, 6.45) is 1.89. The second kappa shape index (κ2) is 9.77. The molecule has 25 heavy (non-hydrogen) atoms. The van der Waals surface area contributed by atoms with Crippen LogP contribution in [-0.4, -0.2) is 84.8 Å². The fraction of sp³-hybridized carbons (Fsp3) is 0.625. The van der Waals surface area contributed by atoms with E-state index in [4.69, 9.17) is 9.47 Å². The second-order valence-electron chi connectivity index (χ2n) is 5.54. The van der Waals surface area contributed by atoms with Crippen molar-refractivity contribution in [3.63, 3.8) is 0 Å². The van der Waals surface area contributed by atoms with Crippen molar-refractivity contribution >= 4 is 17.8 Å². The summed E-state index contributed by atoms with van der Waals surface area (Å²) >= 11 is 0. The van der Waals surface area contributed by atoms with Crippen LogP contribution in [0.3, 0.4) is 0 Å². The second-order valence-corrected chi connectivity index (χ2v) is 5.54. The molecular formula is C16H25N5O4. The topological polar surface area (TPSA) is 96.9 Å². The smallest absolute Gasteiger partial charge is 0.409 e. The van der Waals surface area contributed by atoms with E-state index in [-0.39, 0.29) is 12.0 Å². The maximum atomic E-state index is 12.6. The summed E-state index contributed by atoms with van der Waals surface area (Å²) in [5.74, 6) is 0.450. The average Bonchev–Trinajstić information content (AvgIpc) is 2.65. The van der Waals surface area contributed by atoms with E-state index >= 15 is 0 Å². The fourth-order valence-corrected chi connectivity index (χ4v) is 2.47. The van der Waals surface area contributed by atoms with Crippen molar-refractivity contribution in [2.45, 2.75) is 13.3 Å². The molecule has 1 aliphatic rings. The summed E-state index contributed by atoms with van der Waals surface area (Å²) in [5, 5.41) is 3.14. The van der Waals surface area contributed by atoms with E-state index in [1.807, 2.05) is 0 Å². The molecule has 1 saturated heterocycles. The first-order valence-electron chi connectivity index (χ1n) is 8.41. The Bertz CT molecular complexity index is 575. The third-order valence-corrected chi connectivity index (χ3v) is 3.81. The quantitative estimate of drug-likeness (QED) is 0.727. The van der Waals surface area contributed by atoms with Gasteiger partial charge in [-0.3, -0.25) is 4.79 Å². The van der Waals surface area contributed by atoms with Crippen LogP contribution in [0.2, 0.25) is 0 Å². The van der Waals surface area contributed by atoms with Gasteiger partial charge in [-0.05, 0) is 13.3 Å². The van der Waals surface area contributed by atoms with E-state index in [2.05, 4.69) is 15.3 Å². The van der Waals surface area contributed by atoms with E-state index in [0.29, 0.717) is 57.4 Å². The van der Waals surface area contributed by atoms with Crippen LogP contribution in [-0.2, 0) is 9.47 Å². The van der Waals surface area contributed by atoms with E-state index in [9.17, 15) is 9.59 Å². The number of carbonyl (C=O) groups is 2. The maximum Gasteiger partial charge on any atom is 0.409 e. The van der Waals surface area contributed by atoms with Crippen molar-refractivity contribution in [2.24, 2.45) is 0 Å². The Morgan fingerprint density at radius 1 is 1.20 bits per heavy atom. The van der Waals surface area contributed by atoms with E-state index in [1.165, 1.54) is 6.33 Å². The molecule has 0 aliphatic carbocycles. The standard InChI is InChI=1S/C16H25N5O4/c1-3-25-16(23)21-8-6-20(7-9-21)15(22)13-11-14(19-12-18-13)17-5-4-10-24-2/h11-12H,3-10H2,1-2H3,(H,17,18,19). The number of amides is 2. The third kappa shape index (κ3) is 5.56. The van der Waals surface area contributed by atoms with Crippen molar-refractivity contribution in [2.75, 3.05) is 58.4 Å². The average molecular weight is 351 g/mol. The van der Waals surface area contributed by atoms with Gasteiger partial charge in [0.25, 0.3) is 5.91 Å². The van der Waals surface area contributed by atoms with E-state index in [0.717, 1.165) is 6.42 Å². The van der Waals surface area contributed by atoms with Crippen molar-refractivity contribution < 1.29 is 19.1 Å². The molecule has 2 heterocycles. The Morgan fingerprint density at radius 2 is 1.92 bits per heavy atom. The number of nitrogens with one attached hydrogen (secondary N) is 1. The van der Waals surface area contributed by atoms with Crippen molar-refractivity contribution in [1.82, 2.24) is 19.8 Å². The summed E-state index contributed by atoms with van der Waals surface area (Å²) in [7, 11) is 1.66. The lowest BCUT2D eigenvalue weighted by Gasteiger charge is -2.33. The van der Waals surface area contributed by atoms with Gasteiger partial charge in [-0.15, -0.1) is 0 Å². The van der Waals surface area contributed by atoms with Crippen LogP contribution in [0.25, 0.3) is 0 Å². The van der Waals surface area contributed by atoms with Crippen LogP contribution < -0.4 is 5.32 Å². The molecule has 1 N–H and O–H groups in total. The van der Waals surface area contributed by atoms with Crippen LogP contribution in [0.5, 0.6) is 0 Å². The fourth-order valence-electron chi connectivity index (χ4n) is 2.47. The zero-order valence-electron chi connectivity index (χ0n) is 14.7. The highest BCUT2D eigenvalue weighted by Crippen LogP contribution is 2.10. The predicted octanol–water partition coefficient (Wildman–Crippen LogP) is 0.839. The highest BCUT2D eigenvalue weighted by Gasteiger charge is 2.26. The van der Waals surface area contributed by atoms with Gasteiger partial charge in [-0.1, -0.05) is 0 Å². The molecular weight excluding hydrogens is 326 g/mol. The first-order chi connectivity index (χ1) is 12.2. The first kappa shape index (κ1) is 18.9. The summed E-state index contributed by atoms with van der Waals surface area (Å²) in [6.45, 7) is 5.31. The zero-order valence-corrected chi connectivity index (χ0v) is 14.7. The molecule has 2 rings (SSSR count). The van der Waals surface area contributed by atoms with Crippen molar-refractivity contribution in [3.8, 4) is 0 Å². The van der Waals surface area contributed by atoms with Crippen molar-refractivity contribution in [3.05, 3.63) is 18.1 Å². The molecule has 0 unspecified atom stereocenters. The third-order valence-electron chi connectivity index (χ3n) is 3.81. The van der Waals surface area contributed by atoms with Crippen molar-refractivity contribution in [1.29, 1.82) is 0 Å². The minimum absolute atomic E-state index is 0.161. The normalized spacial score (nSPS) is 14.3. The minimum Gasteiger partial charge on any atom is -0.450 e. The SMILES string of the molecule is CCOC(=O)N1CCN(C(=O)c2cc(NCCCOC)ncn2)CC1. The molecule has 0 radical (unpaired) electrons.